The lowest BCUT2D eigenvalue weighted by Crippen LogP contribution is -2.47. The van der Waals surface area contributed by atoms with Crippen LogP contribution in [0.5, 0.6) is 0 Å². The molecule has 1 aliphatic heterocycles. The fourth-order valence-corrected chi connectivity index (χ4v) is 4.41. The smallest absolute Gasteiger partial charge is 0.243 e. The Morgan fingerprint density at radius 1 is 1.07 bits per heavy atom. The molecule has 3 rings (SSSR count). The highest BCUT2D eigenvalue weighted by Gasteiger charge is 2.27. The van der Waals surface area contributed by atoms with E-state index in [1.165, 1.54) is 10.4 Å². The normalized spacial score (nSPS) is 16.2. The molecular formula is C19H24N4O3S. The van der Waals surface area contributed by atoms with Gasteiger partial charge in [-0.15, -0.1) is 0 Å². The second-order valence-corrected chi connectivity index (χ2v) is 8.64. The molecule has 1 amide bonds. The van der Waals surface area contributed by atoms with Crippen molar-refractivity contribution in [2.24, 2.45) is 0 Å². The number of benzene rings is 2. The molecule has 1 saturated heterocycles. The molecule has 3 N–H and O–H groups in total. The Labute approximate surface area is 159 Å². The van der Waals surface area contributed by atoms with Gasteiger partial charge < -0.3 is 16.0 Å². The summed E-state index contributed by atoms with van der Waals surface area (Å²) in [4.78, 5) is 14.5. The second-order valence-electron chi connectivity index (χ2n) is 6.70. The van der Waals surface area contributed by atoms with E-state index in [0.29, 0.717) is 37.6 Å². The Bertz CT molecular complexity index is 905. The summed E-state index contributed by atoms with van der Waals surface area (Å²) in [7, 11) is -1.59. The van der Waals surface area contributed by atoms with Crippen LogP contribution in [-0.4, -0.2) is 56.8 Å². The van der Waals surface area contributed by atoms with Crippen molar-refractivity contribution in [1.82, 2.24) is 9.21 Å². The number of likely N-dealkylation sites (N-methyl/N-ethyl adjacent to an activating group) is 1. The fourth-order valence-electron chi connectivity index (χ4n) is 2.94. The van der Waals surface area contributed by atoms with Crippen molar-refractivity contribution < 1.29 is 13.2 Å². The number of carbonyl (C=O) groups excluding carboxylic acids is 1. The summed E-state index contributed by atoms with van der Waals surface area (Å²) in [6.45, 7) is 2.34. The van der Waals surface area contributed by atoms with E-state index in [9.17, 15) is 13.2 Å². The number of amides is 1. The van der Waals surface area contributed by atoms with Crippen LogP contribution in [0.4, 0.5) is 11.4 Å². The maximum absolute atomic E-state index is 12.8. The molecule has 2 aromatic rings. The Kier molecular flexibility index (Phi) is 5.79. The van der Waals surface area contributed by atoms with Gasteiger partial charge in [-0.1, -0.05) is 18.2 Å². The van der Waals surface area contributed by atoms with E-state index in [1.807, 2.05) is 7.05 Å². The minimum Gasteiger partial charge on any atom is -0.399 e. The van der Waals surface area contributed by atoms with Crippen LogP contribution >= 0.6 is 0 Å². The third kappa shape index (κ3) is 4.85. The molecule has 0 spiro atoms. The van der Waals surface area contributed by atoms with Gasteiger partial charge in [0, 0.05) is 37.6 Å². The van der Waals surface area contributed by atoms with E-state index < -0.39 is 10.0 Å². The zero-order valence-corrected chi connectivity index (χ0v) is 16.1. The third-order valence-corrected chi connectivity index (χ3v) is 6.46. The van der Waals surface area contributed by atoms with E-state index in [2.05, 4.69) is 10.2 Å². The van der Waals surface area contributed by atoms with Crippen LogP contribution in [0.2, 0.25) is 0 Å². The predicted octanol–water partition coefficient (Wildman–Crippen LogP) is 1.39. The Hall–Kier alpha value is -2.42. The van der Waals surface area contributed by atoms with Gasteiger partial charge in [-0.3, -0.25) is 4.79 Å². The zero-order chi connectivity index (χ0) is 19.4. The van der Waals surface area contributed by atoms with Gasteiger partial charge in [0.05, 0.1) is 11.3 Å². The largest absolute Gasteiger partial charge is 0.399 e. The van der Waals surface area contributed by atoms with Gasteiger partial charge in [-0.25, -0.2) is 8.42 Å². The molecule has 0 aliphatic carbocycles. The standard InChI is InChI=1S/C19H24N4O3S/c1-22-9-11-23(12-10-22)27(25,26)18-4-2-3-17(14-18)21-19(24)13-15-5-7-16(20)8-6-15/h2-8,14H,9-13,20H2,1H3,(H,21,24). The molecule has 0 bridgehead atoms. The lowest BCUT2D eigenvalue weighted by atomic mass is 10.1. The first kappa shape index (κ1) is 19.3. The van der Waals surface area contributed by atoms with Gasteiger partial charge >= 0.3 is 0 Å². The zero-order valence-electron chi connectivity index (χ0n) is 15.3. The van der Waals surface area contributed by atoms with Crippen molar-refractivity contribution in [2.75, 3.05) is 44.3 Å². The summed E-state index contributed by atoms with van der Waals surface area (Å²) in [6.07, 6.45) is 0.190. The molecule has 0 atom stereocenters. The summed E-state index contributed by atoms with van der Waals surface area (Å²) < 4.78 is 27.2. The minimum absolute atomic E-state index is 0.190. The van der Waals surface area contributed by atoms with Crippen LogP contribution in [0.3, 0.4) is 0 Å². The van der Waals surface area contributed by atoms with Gasteiger partial charge in [0.25, 0.3) is 0 Å². The van der Waals surface area contributed by atoms with Crippen molar-refractivity contribution in [3.05, 3.63) is 54.1 Å². The number of nitrogens with one attached hydrogen (secondary N) is 1. The number of piperazine rings is 1. The molecule has 1 fully saturated rings. The van der Waals surface area contributed by atoms with E-state index in [4.69, 9.17) is 5.73 Å². The van der Waals surface area contributed by atoms with Crippen molar-refractivity contribution in [1.29, 1.82) is 0 Å². The molecule has 0 saturated carbocycles. The van der Waals surface area contributed by atoms with Crippen molar-refractivity contribution in [2.45, 2.75) is 11.3 Å². The average molecular weight is 388 g/mol. The number of nitrogen functional groups attached to an aromatic ring is 1. The first-order valence-electron chi connectivity index (χ1n) is 8.77. The molecule has 27 heavy (non-hydrogen) atoms. The Morgan fingerprint density at radius 2 is 1.74 bits per heavy atom. The van der Waals surface area contributed by atoms with E-state index >= 15 is 0 Å². The quantitative estimate of drug-likeness (QED) is 0.755. The maximum atomic E-state index is 12.8. The monoisotopic (exact) mass is 388 g/mol. The van der Waals surface area contributed by atoms with E-state index in [0.717, 1.165) is 5.56 Å². The molecule has 1 aliphatic rings. The second kappa shape index (κ2) is 8.08. The summed E-state index contributed by atoms with van der Waals surface area (Å²) in [5.74, 6) is -0.214. The number of hydrogen-bond acceptors (Lipinski definition) is 5. The predicted molar refractivity (Wildman–Crippen MR) is 106 cm³/mol. The van der Waals surface area contributed by atoms with Crippen molar-refractivity contribution in [3.63, 3.8) is 0 Å². The number of anilines is 2. The van der Waals surface area contributed by atoms with Gasteiger partial charge in [0.15, 0.2) is 0 Å². The van der Waals surface area contributed by atoms with E-state index in [1.54, 1.807) is 42.5 Å². The SMILES string of the molecule is CN1CCN(S(=O)(=O)c2cccc(NC(=O)Cc3ccc(N)cc3)c2)CC1. The van der Waals surface area contributed by atoms with Gasteiger partial charge in [-0.05, 0) is 42.9 Å². The molecule has 0 unspecified atom stereocenters. The van der Waals surface area contributed by atoms with E-state index in [-0.39, 0.29) is 17.2 Å². The number of rotatable bonds is 5. The summed E-state index contributed by atoms with van der Waals surface area (Å²) in [5.41, 5.74) is 7.58. The highest BCUT2D eigenvalue weighted by atomic mass is 32.2. The van der Waals surface area contributed by atoms with Crippen LogP contribution < -0.4 is 11.1 Å². The maximum Gasteiger partial charge on any atom is 0.243 e. The molecule has 0 aromatic heterocycles. The van der Waals surface area contributed by atoms with Crippen LogP contribution in [0, 0.1) is 0 Å². The lowest BCUT2D eigenvalue weighted by Gasteiger charge is -2.31. The highest BCUT2D eigenvalue weighted by Crippen LogP contribution is 2.21. The molecule has 2 aromatic carbocycles. The molecule has 0 radical (unpaired) electrons. The topological polar surface area (TPSA) is 95.7 Å². The minimum atomic E-state index is -3.57. The van der Waals surface area contributed by atoms with Crippen LogP contribution in [0.15, 0.2) is 53.4 Å². The Morgan fingerprint density at radius 3 is 2.41 bits per heavy atom. The van der Waals surface area contributed by atoms with Gasteiger partial charge in [0.1, 0.15) is 0 Å². The third-order valence-electron chi connectivity index (χ3n) is 4.56. The first-order chi connectivity index (χ1) is 12.8. The van der Waals surface area contributed by atoms with Crippen molar-refractivity contribution >= 4 is 27.3 Å². The molecule has 7 nitrogen and oxygen atoms in total. The highest BCUT2D eigenvalue weighted by molar-refractivity contribution is 7.89. The number of nitrogens with two attached hydrogens (primary N) is 1. The van der Waals surface area contributed by atoms with Crippen LogP contribution in [0.1, 0.15) is 5.56 Å². The van der Waals surface area contributed by atoms with Gasteiger partial charge in [0.2, 0.25) is 15.9 Å². The summed E-state index contributed by atoms with van der Waals surface area (Å²) >= 11 is 0. The molecule has 1 heterocycles. The first-order valence-corrected chi connectivity index (χ1v) is 10.2. The lowest BCUT2D eigenvalue weighted by molar-refractivity contribution is -0.115. The van der Waals surface area contributed by atoms with Crippen LogP contribution in [0.25, 0.3) is 0 Å². The number of hydrogen-bond donors (Lipinski definition) is 2. The number of carbonyl (C=O) groups is 1. The molecule has 144 valence electrons. The number of nitrogens with zero attached hydrogens (tertiary/aromatic N) is 2. The summed E-state index contributed by atoms with van der Waals surface area (Å²) in [6, 6.07) is 13.5. The summed E-state index contributed by atoms with van der Waals surface area (Å²) in [5, 5.41) is 2.77. The molecular weight excluding hydrogens is 364 g/mol. The number of sulfonamides is 1. The Balaban J connectivity index is 1.69. The fraction of sp³-hybridized carbons (Fsp3) is 0.316. The van der Waals surface area contributed by atoms with Gasteiger partial charge in [-0.2, -0.15) is 4.31 Å². The average Bonchev–Trinajstić information content (AvgIpc) is 2.64. The van der Waals surface area contributed by atoms with Crippen LogP contribution in [-0.2, 0) is 21.2 Å². The molecule has 8 heteroatoms. The van der Waals surface area contributed by atoms with Crippen molar-refractivity contribution in [3.8, 4) is 0 Å².